The summed E-state index contributed by atoms with van der Waals surface area (Å²) in [5.74, 6) is 0. The SMILES string of the molecule is O=S(=O)(c1ccccc1)N1CCN(CC(O)COC(c2ccccc2)c2ccccc2)CC1. The third kappa shape index (κ3) is 6.07. The van der Waals surface area contributed by atoms with Crippen molar-refractivity contribution < 1.29 is 18.3 Å². The average Bonchev–Trinajstić information content (AvgIpc) is 2.86. The summed E-state index contributed by atoms with van der Waals surface area (Å²) in [6.45, 7) is 2.59. The Morgan fingerprint density at radius 3 is 1.76 bits per heavy atom. The molecular formula is C26H30N2O4S. The maximum Gasteiger partial charge on any atom is 0.243 e. The van der Waals surface area contributed by atoms with Crippen LogP contribution in [-0.2, 0) is 14.8 Å². The number of nitrogens with zero attached hydrogens (tertiary/aromatic N) is 2. The first-order chi connectivity index (χ1) is 16.0. The van der Waals surface area contributed by atoms with Crippen LogP contribution in [0.2, 0.25) is 0 Å². The minimum absolute atomic E-state index is 0.191. The first-order valence-electron chi connectivity index (χ1n) is 11.2. The number of aliphatic hydroxyl groups excluding tert-OH is 1. The van der Waals surface area contributed by atoms with Gasteiger partial charge in [-0.1, -0.05) is 78.9 Å². The van der Waals surface area contributed by atoms with Gasteiger partial charge in [0.25, 0.3) is 0 Å². The minimum Gasteiger partial charge on any atom is -0.389 e. The van der Waals surface area contributed by atoms with Crippen molar-refractivity contribution in [2.45, 2.75) is 17.1 Å². The van der Waals surface area contributed by atoms with Crippen molar-refractivity contribution in [3.05, 3.63) is 102 Å². The number of sulfonamides is 1. The van der Waals surface area contributed by atoms with Crippen LogP contribution in [0.1, 0.15) is 17.2 Å². The number of benzene rings is 3. The van der Waals surface area contributed by atoms with Gasteiger partial charge < -0.3 is 9.84 Å². The molecule has 0 spiro atoms. The van der Waals surface area contributed by atoms with Crippen molar-refractivity contribution in [2.75, 3.05) is 39.3 Å². The molecule has 0 saturated carbocycles. The van der Waals surface area contributed by atoms with Gasteiger partial charge in [0, 0.05) is 32.7 Å². The van der Waals surface area contributed by atoms with Crippen LogP contribution in [0.15, 0.2) is 95.9 Å². The standard InChI is InChI=1S/C26H30N2O4S/c29-24(21-32-26(22-10-4-1-5-11-22)23-12-6-2-7-13-23)20-27-16-18-28(19-17-27)33(30,31)25-14-8-3-9-15-25/h1-15,24,26,29H,16-21H2. The predicted octanol–water partition coefficient (Wildman–Crippen LogP) is 3.16. The van der Waals surface area contributed by atoms with Crippen molar-refractivity contribution in [3.8, 4) is 0 Å². The number of hydrogen-bond acceptors (Lipinski definition) is 5. The monoisotopic (exact) mass is 466 g/mol. The van der Waals surface area contributed by atoms with E-state index in [0.717, 1.165) is 11.1 Å². The first-order valence-corrected chi connectivity index (χ1v) is 12.6. The van der Waals surface area contributed by atoms with E-state index in [1.54, 1.807) is 30.3 Å². The summed E-state index contributed by atoms with van der Waals surface area (Å²) in [5, 5.41) is 10.6. The van der Waals surface area contributed by atoms with E-state index in [0.29, 0.717) is 37.6 Å². The summed E-state index contributed by atoms with van der Waals surface area (Å²) >= 11 is 0. The second kappa shape index (κ2) is 11.0. The molecule has 174 valence electrons. The van der Waals surface area contributed by atoms with E-state index in [-0.39, 0.29) is 12.7 Å². The summed E-state index contributed by atoms with van der Waals surface area (Å²) in [4.78, 5) is 2.41. The van der Waals surface area contributed by atoms with Crippen molar-refractivity contribution in [2.24, 2.45) is 0 Å². The van der Waals surface area contributed by atoms with Gasteiger partial charge in [0.15, 0.2) is 0 Å². The topological polar surface area (TPSA) is 70.1 Å². The summed E-state index contributed by atoms with van der Waals surface area (Å²) in [5.41, 5.74) is 2.08. The Morgan fingerprint density at radius 2 is 1.24 bits per heavy atom. The van der Waals surface area contributed by atoms with Crippen LogP contribution in [0.5, 0.6) is 0 Å². The van der Waals surface area contributed by atoms with Crippen molar-refractivity contribution >= 4 is 10.0 Å². The Morgan fingerprint density at radius 1 is 0.758 bits per heavy atom. The highest BCUT2D eigenvalue weighted by Gasteiger charge is 2.29. The van der Waals surface area contributed by atoms with E-state index in [2.05, 4.69) is 4.90 Å². The number of aliphatic hydroxyl groups is 1. The van der Waals surface area contributed by atoms with Gasteiger partial charge in [-0.3, -0.25) is 4.90 Å². The Balaban J connectivity index is 1.31. The lowest BCUT2D eigenvalue weighted by atomic mass is 10.0. The molecule has 1 fully saturated rings. The molecule has 33 heavy (non-hydrogen) atoms. The average molecular weight is 467 g/mol. The third-order valence-electron chi connectivity index (χ3n) is 5.84. The quantitative estimate of drug-likeness (QED) is 0.525. The minimum atomic E-state index is -3.48. The van der Waals surface area contributed by atoms with Gasteiger partial charge in [0.05, 0.1) is 17.6 Å². The van der Waals surface area contributed by atoms with Gasteiger partial charge in [0.1, 0.15) is 6.10 Å². The van der Waals surface area contributed by atoms with Gasteiger partial charge in [-0.25, -0.2) is 8.42 Å². The molecule has 1 aliphatic heterocycles. The Hall–Kier alpha value is -2.55. The smallest absolute Gasteiger partial charge is 0.243 e. The lowest BCUT2D eigenvalue weighted by molar-refractivity contribution is -0.0117. The molecule has 7 heteroatoms. The van der Waals surface area contributed by atoms with Gasteiger partial charge in [0.2, 0.25) is 10.0 Å². The van der Waals surface area contributed by atoms with Gasteiger partial charge >= 0.3 is 0 Å². The molecule has 1 saturated heterocycles. The number of ether oxygens (including phenoxy) is 1. The fourth-order valence-corrected chi connectivity index (χ4v) is 5.54. The highest BCUT2D eigenvalue weighted by Crippen LogP contribution is 2.26. The molecule has 0 amide bonds. The van der Waals surface area contributed by atoms with E-state index in [1.807, 2.05) is 60.7 Å². The molecule has 1 unspecified atom stereocenters. The third-order valence-corrected chi connectivity index (χ3v) is 7.75. The van der Waals surface area contributed by atoms with E-state index in [9.17, 15) is 13.5 Å². The second-order valence-corrected chi connectivity index (χ2v) is 10.1. The maximum atomic E-state index is 12.8. The lowest BCUT2D eigenvalue weighted by Crippen LogP contribution is -2.50. The zero-order valence-electron chi connectivity index (χ0n) is 18.5. The Labute approximate surface area is 196 Å². The Kier molecular flexibility index (Phi) is 7.90. The fourth-order valence-electron chi connectivity index (χ4n) is 4.09. The predicted molar refractivity (Wildman–Crippen MR) is 128 cm³/mol. The van der Waals surface area contributed by atoms with Gasteiger partial charge in [-0.05, 0) is 23.3 Å². The first kappa shape index (κ1) is 23.6. The highest BCUT2D eigenvalue weighted by atomic mass is 32.2. The maximum absolute atomic E-state index is 12.8. The largest absolute Gasteiger partial charge is 0.389 e. The van der Waals surface area contributed by atoms with E-state index >= 15 is 0 Å². The van der Waals surface area contributed by atoms with Crippen LogP contribution in [0.3, 0.4) is 0 Å². The summed E-state index contributed by atoms with van der Waals surface area (Å²) in [6.07, 6.45) is -0.924. The van der Waals surface area contributed by atoms with Crippen LogP contribution in [0, 0.1) is 0 Å². The van der Waals surface area contributed by atoms with Crippen LogP contribution >= 0.6 is 0 Å². The molecule has 0 aliphatic carbocycles. The van der Waals surface area contributed by atoms with Crippen LogP contribution in [-0.4, -0.2) is 68.2 Å². The van der Waals surface area contributed by atoms with Crippen molar-refractivity contribution in [1.82, 2.24) is 9.21 Å². The molecule has 0 bridgehead atoms. The van der Waals surface area contributed by atoms with Crippen molar-refractivity contribution in [1.29, 1.82) is 0 Å². The zero-order valence-corrected chi connectivity index (χ0v) is 19.3. The number of β-amino-alcohol motifs (C(OH)–C–C–N with tert-alkyl or cyclic N) is 1. The molecule has 0 aromatic heterocycles. The highest BCUT2D eigenvalue weighted by molar-refractivity contribution is 7.89. The van der Waals surface area contributed by atoms with Crippen LogP contribution in [0.4, 0.5) is 0 Å². The fraction of sp³-hybridized carbons (Fsp3) is 0.308. The van der Waals surface area contributed by atoms with Crippen LogP contribution < -0.4 is 0 Å². The van der Waals surface area contributed by atoms with Crippen LogP contribution in [0.25, 0.3) is 0 Å². The molecule has 6 nitrogen and oxygen atoms in total. The number of hydrogen-bond donors (Lipinski definition) is 1. The number of rotatable bonds is 9. The second-order valence-electron chi connectivity index (χ2n) is 8.21. The number of piperazine rings is 1. The Bertz CT molecular complexity index is 1050. The molecule has 1 N–H and O–H groups in total. The molecular weight excluding hydrogens is 436 g/mol. The van der Waals surface area contributed by atoms with Crippen molar-refractivity contribution in [3.63, 3.8) is 0 Å². The lowest BCUT2D eigenvalue weighted by Gasteiger charge is -2.35. The van der Waals surface area contributed by atoms with Gasteiger partial charge in [-0.2, -0.15) is 4.31 Å². The molecule has 4 rings (SSSR count). The summed E-state index contributed by atoms with van der Waals surface area (Å²) in [6, 6.07) is 28.5. The van der Waals surface area contributed by atoms with Gasteiger partial charge in [-0.15, -0.1) is 0 Å². The van der Waals surface area contributed by atoms with E-state index in [1.165, 1.54) is 4.31 Å². The van der Waals surface area contributed by atoms with E-state index in [4.69, 9.17) is 4.74 Å². The zero-order chi connectivity index (χ0) is 23.1. The molecule has 3 aromatic carbocycles. The summed E-state index contributed by atoms with van der Waals surface area (Å²) in [7, 11) is -3.48. The molecule has 1 aliphatic rings. The molecule has 3 aromatic rings. The molecule has 1 heterocycles. The molecule has 1 atom stereocenters. The molecule has 0 radical (unpaired) electrons. The summed E-state index contributed by atoms with van der Waals surface area (Å²) < 4.78 is 33.3. The van der Waals surface area contributed by atoms with E-state index < -0.39 is 16.1 Å². The normalized spacial score (nSPS) is 16.7.